The highest BCUT2D eigenvalue weighted by atomic mass is 32.1. The van der Waals surface area contributed by atoms with Gasteiger partial charge in [-0.3, -0.25) is 14.6 Å². The summed E-state index contributed by atoms with van der Waals surface area (Å²) in [5.74, 6) is 0.276. The number of thiazole rings is 1. The SMILES string of the molecule is O=C([C@H](c1ccccc1)N1CCN(Cc2nc3ccccc3s2)CC1)N1CCCC1. The first-order valence-corrected chi connectivity index (χ1v) is 11.7. The molecule has 0 spiro atoms. The van der Waals surface area contributed by atoms with E-state index in [9.17, 15) is 4.79 Å². The lowest BCUT2D eigenvalue weighted by molar-refractivity contribution is -0.137. The van der Waals surface area contributed by atoms with Crippen LogP contribution in [0.25, 0.3) is 10.2 Å². The van der Waals surface area contributed by atoms with Gasteiger partial charge in [-0.1, -0.05) is 42.5 Å². The molecule has 0 aliphatic carbocycles. The highest BCUT2D eigenvalue weighted by molar-refractivity contribution is 7.18. The molecule has 3 aromatic rings. The van der Waals surface area contributed by atoms with Crippen LogP contribution in [0.2, 0.25) is 0 Å². The van der Waals surface area contributed by atoms with Crippen molar-refractivity contribution in [1.29, 1.82) is 0 Å². The summed E-state index contributed by atoms with van der Waals surface area (Å²) in [5, 5.41) is 1.18. The van der Waals surface area contributed by atoms with Crippen molar-refractivity contribution in [2.75, 3.05) is 39.3 Å². The topological polar surface area (TPSA) is 39.7 Å². The van der Waals surface area contributed by atoms with Crippen LogP contribution < -0.4 is 0 Å². The number of nitrogens with zero attached hydrogens (tertiary/aromatic N) is 4. The summed E-state index contributed by atoms with van der Waals surface area (Å²) >= 11 is 1.79. The lowest BCUT2D eigenvalue weighted by Gasteiger charge is -2.39. The third-order valence-corrected chi connectivity index (χ3v) is 7.26. The Balaban J connectivity index is 1.27. The van der Waals surface area contributed by atoms with E-state index in [0.29, 0.717) is 0 Å². The second kappa shape index (κ2) is 8.84. The summed E-state index contributed by atoms with van der Waals surface area (Å²) in [6, 6.07) is 18.5. The number of hydrogen-bond acceptors (Lipinski definition) is 5. The summed E-state index contributed by atoms with van der Waals surface area (Å²) in [7, 11) is 0. The molecular formula is C24H28N4OS. The fourth-order valence-corrected chi connectivity index (χ4v) is 5.62. The number of piperazine rings is 1. The standard InChI is InChI=1S/C24H28N4OS/c29-24(28-12-6-7-13-28)23(19-8-2-1-3-9-19)27-16-14-26(15-17-27)18-22-25-20-10-4-5-11-21(20)30-22/h1-5,8-11,23H,6-7,12-18H2/t23-/m0/s1. The van der Waals surface area contributed by atoms with Gasteiger partial charge in [0.15, 0.2) is 0 Å². The number of fused-ring (bicyclic) bond motifs is 1. The predicted octanol–water partition coefficient (Wildman–Crippen LogP) is 3.78. The minimum Gasteiger partial charge on any atom is -0.341 e. The van der Waals surface area contributed by atoms with E-state index < -0.39 is 0 Å². The molecule has 3 heterocycles. The first-order valence-electron chi connectivity index (χ1n) is 10.9. The molecule has 0 unspecified atom stereocenters. The van der Waals surface area contributed by atoms with Gasteiger partial charge in [0.05, 0.1) is 16.8 Å². The molecule has 6 heteroatoms. The van der Waals surface area contributed by atoms with Crippen molar-refractivity contribution >= 4 is 27.5 Å². The second-order valence-corrected chi connectivity index (χ2v) is 9.35. The monoisotopic (exact) mass is 420 g/mol. The Morgan fingerprint density at radius 2 is 1.60 bits per heavy atom. The Bertz CT molecular complexity index is 958. The summed E-state index contributed by atoms with van der Waals surface area (Å²) in [4.78, 5) is 25.1. The Labute approximate surface area is 181 Å². The maximum atomic E-state index is 13.4. The van der Waals surface area contributed by atoms with Crippen molar-refractivity contribution in [3.63, 3.8) is 0 Å². The number of rotatable bonds is 5. The van der Waals surface area contributed by atoms with Gasteiger partial charge in [-0.05, 0) is 30.5 Å². The Hall–Kier alpha value is -2.28. The number of para-hydroxylation sites is 1. The van der Waals surface area contributed by atoms with E-state index in [1.165, 1.54) is 9.71 Å². The predicted molar refractivity (Wildman–Crippen MR) is 121 cm³/mol. The van der Waals surface area contributed by atoms with Crippen molar-refractivity contribution in [2.45, 2.75) is 25.4 Å². The summed E-state index contributed by atoms with van der Waals surface area (Å²) < 4.78 is 1.26. The van der Waals surface area contributed by atoms with Gasteiger partial charge in [-0.15, -0.1) is 11.3 Å². The summed E-state index contributed by atoms with van der Waals surface area (Å²) in [5.41, 5.74) is 2.21. The molecule has 2 aromatic carbocycles. The van der Waals surface area contributed by atoms with Crippen LogP contribution in [0.3, 0.4) is 0 Å². The number of carbonyl (C=O) groups excluding carboxylic acids is 1. The fourth-order valence-electron chi connectivity index (χ4n) is 4.61. The molecule has 0 N–H and O–H groups in total. The third-order valence-electron chi connectivity index (χ3n) is 6.24. The molecular weight excluding hydrogens is 392 g/mol. The van der Waals surface area contributed by atoms with Crippen LogP contribution in [0, 0.1) is 0 Å². The molecule has 30 heavy (non-hydrogen) atoms. The molecule has 156 valence electrons. The van der Waals surface area contributed by atoms with Crippen molar-refractivity contribution < 1.29 is 4.79 Å². The van der Waals surface area contributed by atoms with Crippen LogP contribution in [0.1, 0.15) is 29.5 Å². The zero-order valence-electron chi connectivity index (χ0n) is 17.2. The highest BCUT2D eigenvalue weighted by Gasteiger charge is 2.34. The van der Waals surface area contributed by atoms with E-state index in [-0.39, 0.29) is 11.9 Å². The van der Waals surface area contributed by atoms with E-state index >= 15 is 0 Å². The maximum absolute atomic E-state index is 13.4. The lowest BCUT2D eigenvalue weighted by Crippen LogP contribution is -2.51. The molecule has 2 aliphatic rings. The van der Waals surface area contributed by atoms with Gasteiger partial charge < -0.3 is 4.90 Å². The number of amides is 1. The number of hydrogen-bond donors (Lipinski definition) is 0. The molecule has 2 saturated heterocycles. The average molecular weight is 421 g/mol. The van der Waals surface area contributed by atoms with Crippen LogP contribution in [0.15, 0.2) is 54.6 Å². The Morgan fingerprint density at radius 3 is 2.33 bits per heavy atom. The molecule has 2 fully saturated rings. The first-order chi connectivity index (χ1) is 14.8. The summed E-state index contributed by atoms with van der Waals surface area (Å²) in [6.45, 7) is 6.44. The molecule has 1 aromatic heterocycles. The Kier molecular flexibility index (Phi) is 5.79. The molecule has 5 nitrogen and oxygen atoms in total. The van der Waals surface area contributed by atoms with Crippen LogP contribution in [-0.2, 0) is 11.3 Å². The van der Waals surface area contributed by atoms with Crippen molar-refractivity contribution in [2.24, 2.45) is 0 Å². The average Bonchev–Trinajstić information content (AvgIpc) is 3.45. The van der Waals surface area contributed by atoms with E-state index in [4.69, 9.17) is 4.98 Å². The van der Waals surface area contributed by atoms with Crippen LogP contribution in [0.4, 0.5) is 0 Å². The molecule has 5 rings (SSSR count). The lowest BCUT2D eigenvalue weighted by atomic mass is 10.0. The van der Waals surface area contributed by atoms with Crippen LogP contribution in [0.5, 0.6) is 0 Å². The van der Waals surface area contributed by atoms with Gasteiger partial charge in [0.2, 0.25) is 5.91 Å². The normalized spacial score (nSPS) is 19.4. The zero-order chi connectivity index (χ0) is 20.3. The molecule has 1 amide bonds. The summed E-state index contributed by atoms with van der Waals surface area (Å²) in [6.07, 6.45) is 2.26. The fraction of sp³-hybridized carbons (Fsp3) is 0.417. The van der Waals surface area contributed by atoms with E-state index in [0.717, 1.165) is 69.7 Å². The van der Waals surface area contributed by atoms with Gasteiger partial charge in [0.1, 0.15) is 11.0 Å². The van der Waals surface area contributed by atoms with E-state index in [2.05, 4.69) is 45.0 Å². The van der Waals surface area contributed by atoms with Gasteiger partial charge in [-0.25, -0.2) is 4.98 Å². The zero-order valence-corrected chi connectivity index (χ0v) is 18.1. The van der Waals surface area contributed by atoms with Crippen molar-refractivity contribution in [1.82, 2.24) is 19.7 Å². The Morgan fingerprint density at radius 1 is 0.900 bits per heavy atom. The molecule has 0 radical (unpaired) electrons. The van der Waals surface area contributed by atoms with Gasteiger partial charge >= 0.3 is 0 Å². The minimum atomic E-state index is -0.158. The third kappa shape index (κ3) is 4.13. The van der Waals surface area contributed by atoms with E-state index in [1.54, 1.807) is 11.3 Å². The minimum absolute atomic E-state index is 0.158. The first kappa shape index (κ1) is 19.7. The quantitative estimate of drug-likeness (QED) is 0.630. The molecule has 0 bridgehead atoms. The smallest absolute Gasteiger partial charge is 0.244 e. The van der Waals surface area contributed by atoms with Gasteiger partial charge in [-0.2, -0.15) is 0 Å². The molecule has 1 atom stereocenters. The maximum Gasteiger partial charge on any atom is 0.244 e. The molecule has 0 saturated carbocycles. The van der Waals surface area contributed by atoms with Gasteiger partial charge in [0.25, 0.3) is 0 Å². The van der Waals surface area contributed by atoms with Crippen LogP contribution >= 0.6 is 11.3 Å². The number of aromatic nitrogens is 1. The number of likely N-dealkylation sites (tertiary alicyclic amines) is 1. The highest BCUT2D eigenvalue weighted by Crippen LogP contribution is 2.28. The second-order valence-electron chi connectivity index (χ2n) is 8.23. The number of carbonyl (C=O) groups is 1. The molecule has 2 aliphatic heterocycles. The number of benzene rings is 2. The van der Waals surface area contributed by atoms with Crippen LogP contribution in [-0.4, -0.2) is 64.9 Å². The van der Waals surface area contributed by atoms with Crippen molar-refractivity contribution in [3.8, 4) is 0 Å². The largest absolute Gasteiger partial charge is 0.341 e. The van der Waals surface area contributed by atoms with Crippen molar-refractivity contribution in [3.05, 3.63) is 65.2 Å². The van der Waals surface area contributed by atoms with Gasteiger partial charge in [0, 0.05) is 39.3 Å². The van der Waals surface area contributed by atoms with E-state index in [1.807, 2.05) is 24.3 Å².